The average Bonchev–Trinajstić information content (AvgIpc) is 2.89. The molecule has 1 N–H and O–H groups in total. The quantitative estimate of drug-likeness (QED) is 0.852. The van der Waals surface area contributed by atoms with Crippen LogP contribution in [0.2, 0.25) is 0 Å². The van der Waals surface area contributed by atoms with Crippen molar-refractivity contribution in [2.24, 2.45) is 0 Å². The summed E-state index contributed by atoms with van der Waals surface area (Å²) >= 11 is 17.5. The summed E-state index contributed by atoms with van der Waals surface area (Å²) in [6, 6.07) is 9.78. The standard InChI is InChI=1S/C12H10Cl3NO3S/c13-12(14,15)11(10-7-4-8-19-10)16-20(17,18)9-5-2-1-3-6-9/h1-8,11,16H. The first kappa shape index (κ1) is 15.7. The first-order valence-electron chi connectivity index (χ1n) is 5.48. The van der Waals surface area contributed by atoms with Gasteiger partial charge in [-0.25, -0.2) is 8.42 Å². The Morgan fingerprint density at radius 1 is 1.05 bits per heavy atom. The van der Waals surface area contributed by atoms with Crippen LogP contribution in [0.25, 0.3) is 0 Å². The Bertz CT molecular complexity index is 651. The minimum atomic E-state index is -3.83. The summed E-state index contributed by atoms with van der Waals surface area (Å²) in [5.41, 5.74) is 0. The molecular formula is C12H10Cl3NO3S. The highest BCUT2D eigenvalue weighted by Crippen LogP contribution is 2.40. The van der Waals surface area contributed by atoms with Crippen molar-refractivity contribution in [2.45, 2.75) is 14.7 Å². The average molecular weight is 355 g/mol. The van der Waals surface area contributed by atoms with Crippen LogP contribution in [0.1, 0.15) is 11.8 Å². The fraction of sp³-hybridized carbons (Fsp3) is 0.167. The van der Waals surface area contributed by atoms with Crippen molar-refractivity contribution in [3.63, 3.8) is 0 Å². The zero-order valence-electron chi connectivity index (χ0n) is 9.96. The van der Waals surface area contributed by atoms with E-state index in [0.717, 1.165) is 0 Å². The number of benzene rings is 1. The van der Waals surface area contributed by atoms with Crippen molar-refractivity contribution in [2.75, 3.05) is 0 Å². The van der Waals surface area contributed by atoms with Gasteiger partial charge in [-0.15, -0.1) is 0 Å². The second-order valence-corrected chi connectivity index (χ2v) is 8.01. The fourth-order valence-corrected chi connectivity index (χ4v) is 3.50. The van der Waals surface area contributed by atoms with E-state index >= 15 is 0 Å². The van der Waals surface area contributed by atoms with Crippen LogP contribution in [0, 0.1) is 0 Å². The first-order chi connectivity index (χ1) is 9.31. The van der Waals surface area contributed by atoms with Crippen molar-refractivity contribution in [1.29, 1.82) is 0 Å². The van der Waals surface area contributed by atoms with E-state index in [1.807, 2.05) is 0 Å². The van der Waals surface area contributed by atoms with Crippen LogP contribution in [-0.2, 0) is 10.0 Å². The summed E-state index contributed by atoms with van der Waals surface area (Å²) in [6.07, 6.45) is 1.37. The lowest BCUT2D eigenvalue weighted by Crippen LogP contribution is -2.36. The van der Waals surface area contributed by atoms with Gasteiger partial charge in [0.1, 0.15) is 11.8 Å². The molecule has 1 atom stereocenters. The van der Waals surface area contributed by atoms with E-state index < -0.39 is 19.9 Å². The van der Waals surface area contributed by atoms with Gasteiger partial charge in [0, 0.05) is 0 Å². The summed E-state index contributed by atoms with van der Waals surface area (Å²) in [5.74, 6) is 0.213. The van der Waals surface area contributed by atoms with Crippen LogP contribution >= 0.6 is 34.8 Å². The molecule has 0 radical (unpaired) electrons. The summed E-state index contributed by atoms with van der Waals surface area (Å²) in [5, 5.41) is 0. The molecule has 0 amide bonds. The Morgan fingerprint density at radius 2 is 1.70 bits per heavy atom. The number of nitrogens with one attached hydrogen (secondary N) is 1. The molecule has 2 rings (SSSR count). The number of sulfonamides is 1. The molecule has 0 spiro atoms. The van der Waals surface area contributed by atoms with Gasteiger partial charge in [-0.2, -0.15) is 4.72 Å². The van der Waals surface area contributed by atoms with Crippen LogP contribution in [-0.4, -0.2) is 12.2 Å². The van der Waals surface area contributed by atoms with Gasteiger partial charge >= 0.3 is 0 Å². The topological polar surface area (TPSA) is 59.3 Å². The monoisotopic (exact) mass is 353 g/mol. The normalized spacial score (nSPS) is 14.2. The van der Waals surface area contributed by atoms with E-state index in [2.05, 4.69) is 4.72 Å². The third-order valence-corrected chi connectivity index (χ3v) is 4.57. The molecule has 0 aliphatic rings. The van der Waals surface area contributed by atoms with E-state index in [1.165, 1.54) is 24.5 Å². The molecule has 20 heavy (non-hydrogen) atoms. The molecule has 108 valence electrons. The molecule has 8 heteroatoms. The summed E-state index contributed by atoms with van der Waals surface area (Å²) in [4.78, 5) is 0.0748. The molecular weight excluding hydrogens is 345 g/mol. The minimum absolute atomic E-state index is 0.0748. The Kier molecular flexibility index (Phi) is 4.66. The Morgan fingerprint density at radius 3 is 2.20 bits per heavy atom. The highest BCUT2D eigenvalue weighted by atomic mass is 35.6. The molecule has 0 aliphatic heterocycles. The molecule has 2 aromatic rings. The smallest absolute Gasteiger partial charge is 0.241 e. The number of halogens is 3. The largest absolute Gasteiger partial charge is 0.467 e. The first-order valence-corrected chi connectivity index (χ1v) is 8.10. The van der Waals surface area contributed by atoms with Gasteiger partial charge in [-0.3, -0.25) is 0 Å². The predicted octanol–water partition coefficient (Wildman–Crippen LogP) is 3.67. The predicted molar refractivity (Wildman–Crippen MR) is 78.5 cm³/mol. The van der Waals surface area contributed by atoms with Gasteiger partial charge in [-0.05, 0) is 24.3 Å². The Labute approximate surface area is 131 Å². The Hall–Kier alpha value is -0.720. The zero-order valence-corrected chi connectivity index (χ0v) is 13.0. The van der Waals surface area contributed by atoms with Gasteiger partial charge in [0.25, 0.3) is 0 Å². The van der Waals surface area contributed by atoms with Gasteiger partial charge in [0.05, 0.1) is 11.2 Å². The molecule has 1 heterocycles. The van der Waals surface area contributed by atoms with Crippen LogP contribution in [0.4, 0.5) is 0 Å². The van der Waals surface area contributed by atoms with Crippen LogP contribution in [0.15, 0.2) is 58.0 Å². The number of furan rings is 1. The number of hydrogen-bond donors (Lipinski definition) is 1. The summed E-state index contributed by atoms with van der Waals surface area (Å²) in [7, 11) is -3.83. The lowest BCUT2D eigenvalue weighted by atomic mass is 10.3. The van der Waals surface area contributed by atoms with Crippen molar-refractivity contribution in [3.05, 3.63) is 54.5 Å². The number of hydrogen-bond acceptors (Lipinski definition) is 3. The second kappa shape index (κ2) is 5.95. The maximum absolute atomic E-state index is 12.3. The van der Waals surface area contributed by atoms with E-state index in [-0.39, 0.29) is 10.7 Å². The molecule has 4 nitrogen and oxygen atoms in total. The Balaban J connectivity index is 2.34. The summed E-state index contributed by atoms with van der Waals surface area (Å²) in [6.45, 7) is 0. The third kappa shape index (κ3) is 3.68. The van der Waals surface area contributed by atoms with Crippen molar-refractivity contribution in [3.8, 4) is 0 Å². The molecule has 0 aliphatic carbocycles. The van der Waals surface area contributed by atoms with Gasteiger partial charge in [0.15, 0.2) is 0 Å². The van der Waals surface area contributed by atoms with Crippen LogP contribution < -0.4 is 4.72 Å². The van der Waals surface area contributed by atoms with E-state index in [1.54, 1.807) is 24.3 Å². The van der Waals surface area contributed by atoms with Gasteiger partial charge in [0.2, 0.25) is 13.8 Å². The van der Waals surface area contributed by atoms with Gasteiger partial charge in [-0.1, -0.05) is 53.0 Å². The fourth-order valence-electron chi connectivity index (χ4n) is 1.56. The molecule has 1 unspecified atom stereocenters. The minimum Gasteiger partial charge on any atom is -0.467 e. The van der Waals surface area contributed by atoms with E-state index in [4.69, 9.17) is 39.2 Å². The molecule has 0 bridgehead atoms. The maximum atomic E-state index is 12.3. The zero-order chi connectivity index (χ0) is 14.8. The van der Waals surface area contributed by atoms with Crippen molar-refractivity contribution < 1.29 is 12.8 Å². The van der Waals surface area contributed by atoms with Crippen molar-refractivity contribution in [1.82, 2.24) is 4.72 Å². The van der Waals surface area contributed by atoms with E-state index in [9.17, 15) is 8.42 Å². The van der Waals surface area contributed by atoms with E-state index in [0.29, 0.717) is 0 Å². The molecule has 0 saturated heterocycles. The second-order valence-electron chi connectivity index (χ2n) is 3.92. The summed E-state index contributed by atoms with van der Waals surface area (Å²) < 4.78 is 30.1. The maximum Gasteiger partial charge on any atom is 0.241 e. The lowest BCUT2D eigenvalue weighted by Gasteiger charge is -2.23. The number of rotatable bonds is 4. The van der Waals surface area contributed by atoms with Crippen molar-refractivity contribution >= 4 is 44.8 Å². The third-order valence-electron chi connectivity index (χ3n) is 2.48. The van der Waals surface area contributed by atoms with Crippen LogP contribution in [0.3, 0.4) is 0 Å². The molecule has 0 fully saturated rings. The molecule has 0 saturated carbocycles. The molecule has 1 aromatic carbocycles. The molecule has 1 aromatic heterocycles. The lowest BCUT2D eigenvalue weighted by molar-refractivity contribution is 0.446. The van der Waals surface area contributed by atoms with Crippen LogP contribution in [0.5, 0.6) is 0 Å². The SMILES string of the molecule is O=S(=O)(NC(c1ccco1)C(Cl)(Cl)Cl)c1ccccc1. The highest BCUT2D eigenvalue weighted by Gasteiger charge is 2.39. The highest BCUT2D eigenvalue weighted by molar-refractivity contribution is 7.89. The van der Waals surface area contributed by atoms with Gasteiger partial charge < -0.3 is 4.42 Å². The number of alkyl halides is 3.